The average Bonchev–Trinajstić information content (AvgIpc) is 3.14. The first-order valence-electron chi connectivity index (χ1n) is 7.98. The molecule has 0 saturated heterocycles. The third-order valence-electron chi connectivity index (χ3n) is 3.87. The van der Waals surface area contributed by atoms with E-state index in [0.29, 0.717) is 26.4 Å². The number of pyridine rings is 2. The molecule has 0 N–H and O–H groups in total. The smallest absolute Gasteiger partial charge is 0.272 e. The van der Waals surface area contributed by atoms with Crippen LogP contribution in [-0.2, 0) is 0 Å². The van der Waals surface area contributed by atoms with Gasteiger partial charge >= 0.3 is 0 Å². The molecule has 138 valence electrons. The van der Waals surface area contributed by atoms with Crippen LogP contribution < -0.4 is 4.74 Å². The van der Waals surface area contributed by atoms with Crippen LogP contribution in [0.1, 0.15) is 15.2 Å². The van der Waals surface area contributed by atoms with E-state index in [1.165, 1.54) is 24.5 Å². The van der Waals surface area contributed by atoms with Crippen molar-refractivity contribution in [2.45, 2.75) is 0 Å². The minimum absolute atomic E-state index is 0.161. The van der Waals surface area contributed by atoms with Crippen LogP contribution >= 0.6 is 11.3 Å². The average molecular weight is 395 g/mol. The van der Waals surface area contributed by atoms with Crippen molar-refractivity contribution in [1.29, 1.82) is 0 Å². The lowest BCUT2D eigenvalue weighted by atomic mass is 10.1. The lowest BCUT2D eigenvalue weighted by Gasteiger charge is -2.07. The number of carbonyl (C=O) groups excluding carboxylic acids is 1. The Morgan fingerprint density at radius 1 is 1.14 bits per heavy atom. The third-order valence-corrected chi connectivity index (χ3v) is 5.01. The van der Waals surface area contributed by atoms with Gasteiger partial charge in [-0.1, -0.05) is 0 Å². The summed E-state index contributed by atoms with van der Waals surface area (Å²) in [6.45, 7) is 0. The monoisotopic (exact) mass is 395 g/mol. The number of nitro groups is 1. The van der Waals surface area contributed by atoms with E-state index in [2.05, 4.69) is 9.97 Å². The molecule has 0 amide bonds. The van der Waals surface area contributed by atoms with E-state index in [9.17, 15) is 19.3 Å². The van der Waals surface area contributed by atoms with Crippen molar-refractivity contribution in [2.75, 3.05) is 0 Å². The molecule has 7 nitrogen and oxygen atoms in total. The number of rotatable bonds is 5. The van der Waals surface area contributed by atoms with Crippen LogP contribution in [0.3, 0.4) is 0 Å². The first-order chi connectivity index (χ1) is 13.5. The van der Waals surface area contributed by atoms with E-state index in [0.717, 1.165) is 23.5 Å². The van der Waals surface area contributed by atoms with Crippen molar-refractivity contribution in [3.8, 4) is 11.5 Å². The number of thiophene rings is 1. The maximum absolute atomic E-state index is 14.1. The first kappa shape index (κ1) is 17.7. The summed E-state index contributed by atoms with van der Waals surface area (Å²) in [4.78, 5) is 31.3. The number of nitrogens with zero attached hydrogens (tertiary/aromatic N) is 3. The predicted octanol–water partition coefficient (Wildman–Crippen LogP) is 4.76. The van der Waals surface area contributed by atoms with Gasteiger partial charge in [-0.05, 0) is 24.3 Å². The Balaban J connectivity index is 1.70. The van der Waals surface area contributed by atoms with E-state index >= 15 is 0 Å². The maximum atomic E-state index is 14.1. The zero-order valence-electron chi connectivity index (χ0n) is 14.0. The van der Waals surface area contributed by atoms with Crippen LogP contribution in [0.25, 0.3) is 10.2 Å². The quantitative estimate of drug-likeness (QED) is 0.275. The summed E-state index contributed by atoms with van der Waals surface area (Å²) < 4.78 is 20.3. The van der Waals surface area contributed by atoms with Gasteiger partial charge < -0.3 is 4.74 Å². The van der Waals surface area contributed by atoms with Crippen LogP contribution in [0, 0.1) is 15.9 Å². The van der Waals surface area contributed by atoms with Gasteiger partial charge in [0, 0.05) is 36.3 Å². The predicted molar refractivity (Wildman–Crippen MR) is 100 cm³/mol. The highest BCUT2D eigenvalue weighted by Crippen LogP contribution is 2.36. The normalized spacial score (nSPS) is 10.8. The molecule has 0 saturated carbocycles. The van der Waals surface area contributed by atoms with E-state index in [4.69, 9.17) is 4.74 Å². The zero-order valence-corrected chi connectivity index (χ0v) is 14.9. The number of carbonyl (C=O) groups is 1. The highest BCUT2D eigenvalue weighted by Gasteiger charge is 2.18. The molecule has 3 aromatic heterocycles. The SMILES string of the molecule is O=C(c1cccnc1)c1cc2nccc(Oc3ccc([N+](=O)[O-])cc3F)c2s1. The molecular weight excluding hydrogens is 385 g/mol. The molecule has 0 fully saturated rings. The highest BCUT2D eigenvalue weighted by atomic mass is 32.1. The number of halogens is 1. The summed E-state index contributed by atoms with van der Waals surface area (Å²) in [5.41, 5.74) is 0.597. The molecule has 0 aliphatic carbocycles. The highest BCUT2D eigenvalue weighted by molar-refractivity contribution is 7.21. The van der Waals surface area contributed by atoms with E-state index in [1.807, 2.05) is 0 Å². The summed E-state index contributed by atoms with van der Waals surface area (Å²) in [6, 6.07) is 9.64. The van der Waals surface area contributed by atoms with Crippen LogP contribution in [0.5, 0.6) is 11.5 Å². The lowest BCUT2D eigenvalue weighted by molar-refractivity contribution is -0.385. The molecular formula is C19H10FN3O4S. The van der Waals surface area contributed by atoms with Crippen molar-refractivity contribution in [3.05, 3.63) is 87.4 Å². The minimum atomic E-state index is -0.859. The molecule has 1 aromatic carbocycles. The maximum Gasteiger partial charge on any atom is 0.272 e. The molecule has 9 heteroatoms. The molecule has 0 spiro atoms. The van der Waals surface area contributed by atoms with Crippen LogP contribution in [-0.4, -0.2) is 20.7 Å². The molecule has 4 rings (SSSR count). The fourth-order valence-corrected chi connectivity index (χ4v) is 3.58. The fourth-order valence-electron chi connectivity index (χ4n) is 2.55. The summed E-state index contributed by atoms with van der Waals surface area (Å²) >= 11 is 1.16. The number of ether oxygens (including phenoxy) is 1. The number of ketones is 1. The Labute approximate surface area is 161 Å². The lowest BCUT2D eigenvalue weighted by Crippen LogP contribution is -1.98. The van der Waals surface area contributed by atoms with Crippen LogP contribution in [0.4, 0.5) is 10.1 Å². The largest absolute Gasteiger partial charge is 0.453 e. The number of nitro benzene ring substituents is 1. The number of non-ortho nitro benzene ring substituents is 1. The number of hydrogen-bond acceptors (Lipinski definition) is 7. The van der Waals surface area contributed by atoms with Crippen molar-refractivity contribution in [1.82, 2.24) is 9.97 Å². The standard InChI is InChI=1S/C19H10FN3O4S/c20-13-8-12(23(25)26)3-4-15(13)27-16-5-7-22-14-9-17(28-19(14)16)18(24)11-2-1-6-21-10-11/h1-10H. The molecule has 0 radical (unpaired) electrons. The summed E-state index contributed by atoms with van der Waals surface area (Å²) in [5.74, 6) is -0.925. The van der Waals surface area contributed by atoms with Gasteiger partial charge in [-0.2, -0.15) is 0 Å². The Hall–Kier alpha value is -3.72. The summed E-state index contributed by atoms with van der Waals surface area (Å²) in [6.07, 6.45) is 4.53. The molecule has 0 aliphatic heterocycles. The van der Waals surface area contributed by atoms with Gasteiger partial charge in [-0.25, -0.2) is 4.39 Å². The molecule has 0 atom stereocenters. The van der Waals surface area contributed by atoms with Crippen molar-refractivity contribution >= 4 is 33.0 Å². The van der Waals surface area contributed by atoms with Crippen LogP contribution in [0.2, 0.25) is 0 Å². The number of benzene rings is 1. The minimum Gasteiger partial charge on any atom is -0.453 e. The van der Waals surface area contributed by atoms with Gasteiger partial charge in [0.25, 0.3) is 5.69 Å². The Kier molecular flexibility index (Phi) is 4.50. The topological polar surface area (TPSA) is 95.2 Å². The van der Waals surface area contributed by atoms with Gasteiger partial charge in [0.05, 0.1) is 26.1 Å². The van der Waals surface area contributed by atoms with E-state index in [1.54, 1.807) is 24.4 Å². The Bertz CT molecular complexity index is 1210. The molecule has 0 aliphatic rings. The summed E-state index contributed by atoms with van der Waals surface area (Å²) in [7, 11) is 0. The van der Waals surface area contributed by atoms with Gasteiger partial charge in [0.2, 0.25) is 5.78 Å². The first-order valence-corrected chi connectivity index (χ1v) is 8.79. The van der Waals surface area contributed by atoms with Gasteiger partial charge in [0.15, 0.2) is 11.6 Å². The number of aromatic nitrogens is 2. The van der Waals surface area contributed by atoms with Crippen molar-refractivity contribution < 1.29 is 18.8 Å². The number of hydrogen-bond donors (Lipinski definition) is 0. The second-order valence-corrected chi connectivity index (χ2v) is 6.73. The molecule has 3 heterocycles. The van der Waals surface area contributed by atoms with Crippen LogP contribution in [0.15, 0.2) is 61.1 Å². The number of fused-ring (bicyclic) bond motifs is 1. The van der Waals surface area contributed by atoms with Crippen molar-refractivity contribution in [3.63, 3.8) is 0 Å². The second kappa shape index (κ2) is 7.12. The molecule has 0 bridgehead atoms. The van der Waals surface area contributed by atoms with Gasteiger partial charge in [-0.15, -0.1) is 11.3 Å². The Morgan fingerprint density at radius 2 is 2.00 bits per heavy atom. The molecule has 28 heavy (non-hydrogen) atoms. The Morgan fingerprint density at radius 3 is 2.71 bits per heavy atom. The fraction of sp³-hybridized carbons (Fsp3) is 0. The third kappa shape index (κ3) is 3.30. The van der Waals surface area contributed by atoms with Gasteiger partial charge in [0.1, 0.15) is 5.75 Å². The molecule has 0 unspecified atom stereocenters. The van der Waals surface area contributed by atoms with E-state index in [-0.39, 0.29) is 17.2 Å². The second-order valence-electron chi connectivity index (χ2n) is 5.68. The van der Waals surface area contributed by atoms with Crippen molar-refractivity contribution in [2.24, 2.45) is 0 Å². The zero-order chi connectivity index (χ0) is 19.7. The van der Waals surface area contributed by atoms with Gasteiger partial charge in [-0.3, -0.25) is 24.9 Å². The van der Waals surface area contributed by atoms with E-state index < -0.39 is 10.7 Å². The summed E-state index contributed by atoms with van der Waals surface area (Å²) in [5, 5.41) is 10.7. The molecule has 4 aromatic rings.